The molecule has 0 aromatic carbocycles. The van der Waals surface area contributed by atoms with E-state index in [1.807, 2.05) is 25.9 Å². The molecular formula is C13H22ClN5O2. The maximum atomic E-state index is 12.0. The molecule has 1 rings (SSSR count). The van der Waals surface area contributed by atoms with Crippen molar-refractivity contribution in [3.63, 3.8) is 0 Å². The molecule has 0 unspecified atom stereocenters. The van der Waals surface area contributed by atoms with Gasteiger partial charge in [0.1, 0.15) is 5.02 Å². The number of halogens is 1. The van der Waals surface area contributed by atoms with E-state index in [1.165, 1.54) is 10.9 Å². The van der Waals surface area contributed by atoms with Crippen molar-refractivity contribution in [2.24, 2.45) is 0 Å². The zero-order chi connectivity index (χ0) is 15.8. The van der Waals surface area contributed by atoms with Crippen molar-refractivity contribution in [2.45, 2.75) is 19.9 Å². The first kappa shape index (κ1) is 17.5. The largest absolute Gasteiger partial charge is 0.373 e. The number of rotatable bonds is 8. The van der Waals surface area contributed by atoms with Gasteiger partial charge >= 0.3 is 0 Å². The third-order valence-electron chi connectivity index (χ3n) is 2.76. The summed E-state index contributed by atoms with van der Waals surface area (Å²) in [6.07, 6.45) is 2.34. The van der Waals surface area contributed by atoms with Crippen molar-refractivity contribution in [3.8, 4) is 0 Å². The highest BCUT2D eigenvalue weighted by Crippen LogP contribution is 2.14. The fourth-order valence-electron chi connectivity index (χ4n) is 1.54. The summed E-state index contributed by atoms with van der Waals surface area (Å²) >= 11 is 6.02. The summed E-state index contributed by atoms with van der Waals surface area (Å²) in [6, 6.07) is 0. The number of carbonyl (C=O) groups is 1. The number of carbonyl (C=O) groups excluding carboxylic acids is 1. The number of nitrogens with zero attached hydrogens (tertiary/aromatic N) is 3. The van der Waals surface area contributed by atoms with Crippen LogP contribution in [-0.2, 0) is 11.3 Å². The zero-order valence-corrected chi connectivity index (χ0v) is 13.4. The minimum absolute atomic E-state index is 0.0482. The lowest BCUT2D eigenvalue weighted by atomic mass is 10.4. The van der Waals surface area contributed by atoms with E-state index in [4.69, 9.17) is 11.6 Å². The van der Waals surface area contributed by atoms with Crippen molar-refractivity contribution >= 4 is 23.2 Å². The molecule has 0 saturated carbocycles. The molecule has 118 valence electrons. The van der Waals surface area contributed by atoms with Crippen molar-refractivity contribution < 1.29 is 4.79 Å². The highest BCUT2D eigenvalue weighted by Gasteiger charge is 2.10. The standard InChI is InChI=1S/C13H22ClN5O2/c1-4-5-15-11(20)9-16-10-8-17-19(7-6-18(2)3)13(21)12(10)14/h8,16H,4-7,9H2,1-3H3,(H,15,20). The smallest absolute Gasteiger partial charge is 0.287 e. The van der Waals surface area contributed by atoms with Gasteiger partial charge in [0.25, 0.3) is 5.56 Å². The molecule has 0 bridgehead atoms. The van der Waals surface area contributed by atoms with Crippen molar-refractivity contribution in [1.29, 1.82) is 0 Å². The Labute approximate surface area is 129 Å². The molecule has 0 fully saturated rings. The first-order valence-electron chi connectivity index (χ1n) is 6.86. The summed E-state index contributed by atoms with van der Waals surface area (Å²) in [5, 5.41) is 9.65. The van der Waals surface area contributed by atoms with Crippen LogP contribution >= 0.6 is 11.6 Å². The number of hydrogen-bond acceptors (Lipinski definition) is 5. The normalized spacial score (nSPS) is 10.7. The van der Waals surface area contributed by atoms with Crippen LogP contribution in [0.25, 0.3) is 0 Å². The van der Waals surface area contributed by atoms with Crippen LogP contribution in [-0.4, -0.2) is 54.3 Å². The monoisotopic (exact) mass is 315 g/mol. The lowest BCUT2D eigenvalue weighted by Gasteiger charge is -2.12. The van der Waals surface area contributed by atoms with Gasteiger partial charge in [0, 0.05) is 13.1 Å². The molecule has 0 aliphatic rings. The van der Waals surface area contributed by atoms with Crippen LogP contribution < -0.4 is 16.2 Å². The van der Waals surface area contributed by atoms with Gasteiger partial charge < -0.3 is 15.5 Å². The Morgan fingerprint density at radius 1 is 1.48 bits per heavy atom. The Morgan fingerprint density at radius 2 is 2.19 bits per heavy atom. The van der Waals surface area contributed by atoms with E-state index >= 15 is 0 Å². The number of aromatic nitrogens is 2. The second-order valence-corrected chi connectivity index (χ2v) is 5.29. The summed E-state index contributed by atoms with van der Waals surface area (Å²) in [6.45, 7) is 3.81. The van der Waals surface area contributed by atoms with Gasteiger partial charge in [0.2, 0.25) is 5.91 Å². The molecule has 1 heterocycles. The molecule has 0 atom stereocenters. The van der Waals surface area contributed by atoms with Gasteiger partial charge in [0.05, 0.1) is 25.0 Å². The summed E-state index contributed by atoms with van der Waals surface area (Å²) in [5.41, 5.74) is 0.00639. The van der Waals surface area contributed by atoms with Gasteiger partial charge in [-0.1, -0.05) is 18.5 Å². The maximum absolute atomic E-state index is 12.0. The lowest BCUT2D eigenvalue weighted by Crippen LogP contribution is -2.32. The Bertz CT molecular complexity index is 530. The molecular weight excluding hydrogens is 294 g/mol. The number of hydrogen-bond donors (Lipinski definition) is 2. The molecule has 21 heavy (non-hydrogen) atoms. The Morgan fingerprint density at radius 3 is 2.81 bits per heavy atom. The van der Waals surface area contributed by atoms with E-state index in [9.17, 15) is 9.59 Å². The van der Waals surface area contributed by atoms with Crippen LogP contribution in [0.2, 0.25) is 5.02 Å². The topological polar surface area (TPSA) is 79.3 Å². The summed E-state index contributed by atoms with van der Waals surface area (Å²) in [5.74, 6) is -0.148. The Balaban J connectivity index is 2.67. The van der Waals surface area contributed by atoms with E-state index in [0.717, 1.165) is 6.42 Å². The van der Waals surface area contributed by atoms with Crippen LogP contribution in [0.15, 0.2) is 11.0 Å². The van der Waals surface area contributed by atoms with Crippen LogP contribution in [0.5, 0.6) is 0 Å². The zero-order valence-electron chi connectivity index (χ0n) is 12.6. The van der Waals surface area contributed by atoms with E-state index in [0.29, 0.717) is 25.3 Å². The van der Waals surface area contributed by atoms with Crippen LogP contribution in [0.3, 0.4) is 0 Å². The predicted octanol–water partition coefficient (Wildman–Crippen LogP) is 0.396. The van der Waals surface area contributed by atoms with Gasteiger partial charge in [-0.3, -0.25) is 9.59 Å². The molecule has 7 nitrogen and oxygen atoms in total. The second-order valence-electron chi connectivity index (χ2n) is 4.91. The van der Waals surface area contributed by atoms with E-state index in [-0.39, 0.29) is 23.0 Å². The van der Waals surface area contributed by atoms with Crippen molar-refractivity contribution in [1.82, 2.24) is 20.0 Å². The highest BCUT2D eigenvalue weighted by molar-refractivity contribution is 6.33. The molecule has 1 aromatic heterocycles. The van der Waals surface area contributed by atoms with E-state index in [1.54, 1.807) is 0 Å². The average Bonchev–Trinajstić information content (AvgIpc) is 2.45. The molecule has 8 heteroatoms. The molecule has 1 amide bonds. The van der Waals surface area contributed by atoms with Crippen LogP contribution in [0.4, 0.5) is 5.69 Å². The third-order valence-corrected chi connectivity index (χ3v) is 3.12. The molecule has 1 aromatic rings. The first-order chi connectivity index (χ1) is 9.95. The van der Waals surface area contributed by atoms with Gasteiger partial charge in [0.15, 0.2) is 0 Å². The fourth-order valence-corrected chi connectivity index (χ4v) is 1.76. The van der Waals surface area contributed by atoms with Gasteiger partial charge in [-0.25, -0.2) is 4.68 Å². The van der Waals surface area contributed by atoms with Crippen LogP contribution in [0.1, 0.15) is 13.3 Å². The summed E-state index contributed by atoms with van der Waals surface area (Å²) < 4.78 is 1.31. The number of nitrogens with one attached hydrogen (secondary N) is 2. The molecule has 0 spiro atoms. The molecule has 2 N–H and O–H groups in total. The first-order valence-corrected chi connectivity index (χ1v) is 7.24. The summed E-state index contributed by atoms with van der Waals surface area (Å²) in [7, 11) is 3.83. The van der Waals surface area contributed by atoms with Gasteiger partial charge in [-0.2, -0.15) is 5.10 Å². The van der Waals surface area contributed by atoms with Gasteiger partial charge in [-0.15, -0.1) is 0 Å². The van der Waals surface area contributed by atoms with Crippen LogP contribution in [0, 0.1) is 0 Å². The third kappa shape index (κ3) is 5.73. The molecule has 0 saturated heterocycles. The predicted molar refractivity (Wildman–Crippen MR) is 83.9 cm³/mol. The van der Waals surface area contributed by atoms with Crippen molar-refractivity contribution in [3.05, 3.63) is 21.6 Å². The van der Waals surface area contributed by atoms with Gasteiger partial charge in [-0.05, 0) is 20.5 Å². The maximum Gasteiger partial charge on any atom is 0.287 e. The Hall–Kier alpha value is -1.60. The number of amides is 1. The SMILES string of the molecule is CCCNC(=O)CNc1cnn(CCN(C)C)c(=O)c1Cl. The minimum atomic E-state index is -0.363. The molecule has 0 aliphatic heterocycles. The highest BCUT2D eigenvalue weighted by atomic mass is 35.5. The number of likely N-dealkylation sites (N-methyl/N-ethyl adjacent to an activating group) is 1. The average molecular weight is 316 g/mol. The number of anilines is 1. The van der Waals surface area contributed by atoms with E-state index in [2.05, 4.69) is 15.7 Å². The molecule has 0 aliphatic carbocycles. The van der Waals surface area contributed by atoms with Crippen molar-refractivity contribution in [2.75, 3.05) is 39.0 Å². The molecule has 0 radical (unpaired) electrons. The fraction of sp³-hybridized carbons (Fsp3) is 0.615. The Kier molecular flexibility index (Phi) is 7.18. The quantitative estimate of drug-likeness (QED) is 0.726. The second kappa shape index (κ2) is 8.63. The minimum Gasteiger partial charge on any atom is -0.373 e. The summed E-state index contributed by atoms with van der Waals surface area (Å²) in [4.78, 5) is 25.5. The lowest BCUT2D eigenvalue weighted by molar-refractivity contribution is -0.119. The van der Waals surface area contributed by atoms with E-state index < -0.39 is 0 Å².